The highest BCUT2D eigenvalue weighted by atomic mass is 35.5. The zero-order valence-corrected chi connectivity index (χ0v) is 13.1. The second-order valence-electron chi connectivity index (χ2n) is 5.81. The molecule has 3 heteroatoms. The van der Waals surface area contributed by atoms with Crippen LogP contribution in [-0.2, 0) is 0 Å². The van der Waals surface area contributed by atoms with Gasteiger partial charge in [0.1, 0.15) is 5.82 Å². The Bertz CT molecular complexity index is 413. The van der Waals surface area contributed by atoms with Crippen LogP contribution < -0.4 is 5.32 Å². The number of nitrogens with one attached hydrogen (secondary N) is 1. The van der Waals surface area contributed by atoms with Crippen LogP contribution in [0.3, 0.4) is 0 Å². The summed E-state index contributed by atoms with van der Waals surface area (Å²) in [5.74, 6) is 0.358. The van der Waals surface area contributed by atoms with Crippen molar-refractivity contribution in [1.29, 1.82) is 0 Å². The van der Waals surface area contributed by atoms with Gasteiger partial charge in [0, 0.05) is 16.6 Å². The normalized spacial score (nSPS) is 19.4. The topological polar surface area (TPSA) is 12.0 Å². The first-order chi connectivity index (χ1) is 9.72. The summed E-state index contributed by atoms with van der Waals surface area (Å²) in [5, 5.41) is 3.97. The molecule has 0 saturated heterocycles. The quantitative estimate of drug-likeness (QED) is 0.775. The van der Waals surface area contributed by atoms with Crippen LogP contribution in [0.4, 0.5) is 4.39 Å². The van der Waals surface area contributed by atoms with E-state index in [9.17, 15) is 4.39 Å². The molecule has 0 aromatic heterocycles. The molecule has 1 nitrogen and oxygen atoms in total. The van der Waals surface area contributed by atoms with Crippen LogP contribution in [0.5, 0.6) is 0 Å². The van der Waals surface area contributed by atoms with E-state index in [-0.39, 0.29) is 11.9 Å². The zero-order valence-electron chi connectivity index (χ0n) is 12.3. The average molecular weight is 298 g/mol. The summed E-state index contributed by atoms with van der Waals surface area (Å²) in [4.78, 5) is 0. The van der Waals surface area contributed by atoms with Gasteiger partial charge in [-0.3, -0.25) is 0 Å². The maximum Gasteiger partial charge on any atom is 0.129 e. The first-order valence-electron chi connectivity index (χ1n) is 7.90. The van der Waals surface area contributed by atoms with Crippen LogP contribution >= 0.6 is 11.6 Å². The van der Waals surface area contributed by atoms with Gasteiger partial charge in [-0.2, -0.15) is 0 Å². The van der Waals surface area contributed by atoms with E-state index in [1.807, 2.05) is 6.07 Å². The molecule has 0 bridgehead atoms. The van der Waals surface area contributed by atoms with Crippen LogP contribution in [0.25, 0.3) is 0 Å². The molecule has 112 valence electrons. The van der Waals surface area contributed by atoms with Crippen LogP contribution in [0, 0.1) is 11.7 Å². The Kier molecular flexibility index (Phi) is 6.31. The fourth-order valence-electron chi connectivity index (χ4n) is 3.33. The van der Waals surface area contributed by atoms with Gasteiger partial charge in [0.25, 0.3) is 0 Å². The molecule has 1 aliphatic rings. The number of rotatable bonds is 4. The summed E-state index contributed by atoms with van der Waals surface area (Å²) in [6.07, 6.45) is 8.91. The van der Waals surface area contributed by atoms with E-state index < -0.39 is 0 Å². The van der Waals surface area contributed by atoms with E-state index >= 15 is 0 Å². The van der Waals surface area contributed by atoms with Gasteiger partial charge in [0.2, 0.25) is 0 Å². The molecule has 0 radical (unpaired) electrons. The molecule has 1 aromatic carbocycles. The Morgan fingerprint density at radius 1 is 1.20 bits per heavy atom. The Labute approximate surface area is 126 Å². The van der Waals surface area contributed by atoms with Crippen molar-refractivity contribution in [2.24, 2.45) is 5.92 Å². The van der Waals surface area contributed by atoms with Crippen LogP contribution in [-0.4, -0.2) is 6.54 Å². The number of benzene rings is 1. The molecule has 2 rings (SSSR count). The molecule has 1 atom stereocenters. The van der Waals surface area contributed by atoms with Crippen molar-refractivity contribution in [2.45, 2.75) is 57.9 Å². The lowest BCUT2D eigenvalue weighted by atomic mass is 9.82. The van der Waals surface area contributed by atoms with Crippen molar-refractivity contribution in [2.75, 3.05) is 6.54 Å². The molecular weight excluding hydrogens is 273 g/mol. The van der Waals surface area contributed by atoms with Gasteiger partial charge in [-0.05, 0) is 37.4 Å². The van der Waals surface area contributed by atoms with Crippen LogP contribution in [0.15, 0.2) is 18.2 Å². The molecule has 0 spiro atoms. The predicted octanol–water partition coefficient (Wildman–Crippen LogP) is 5.49. The summed E-state index contributed by atoms with van der Waals surface area (Å²) in [6.45, 7) is 2.95. The Balaban J connectivity index is 2.19. The highest BCUT2D eigenvalue weighted by Gasteiger charge is 2.25. The molecule has 0 amide bonds. The summed E-state index contributed by atoms with van der Waals surface area (Å²) in [6, 6.07) is 5.21. The first-order valence-corrected chi connectivity index (χ1v) is 8.28. The summed E-state index contributed by atoms with van der Waals surface area (Å²) >= 11 is 5.87. The van der Waals surface area contributed by atoms with Crippen LogP contribution in [0.1, 0.15) is 63.5 Å². The smallest absolute Gasteiger partial charge is 0.129 e. The van der Waals surface area contributed by atoms with Gasteiger partial charge in [0.05, 0.1) is 0 Å². The lowest BCUT2D eigenvalue weighted by molar-refractivity contribution is 0.286. The van der Waals surface area contributed by atoms with E-state index in [4.69, 9.17) is 11.6 Å². The maximum absolute atomic E-state index is 14.2. The third kappa shape index (κ3) is 4.20. The largest absolute Gasteiger partial charge is 0.310 e. The summed E-state index contributed by atoms with van der Waals surface area (Å²) in [5.41, 5.74) is 0.779. The second kappa shape index (κ2) is 7.99. The molecule has 1 aromatic rings. The van der Waals surface area contributed by atoms with Crippen molar-refractivity contribution >= 4 is 11.6 Å². The van der Waals surface area contributed by atoms with Crippen molar-refractivity contribution in [1.82, 2.24) is 5.32 Å². The molecule has 1 N–H and O–H groups in total. The second-order valence-corrected chi connectivity index (χ2v) is 6.24. The minimum atomic E-state index is -0.175. The Morgan fingerprint density at radius 2 is 1.85 bits per heavy atom. The van der Waals surface area contributed by atoms with Crippen molar-refractivity contribution in [3.8, 4) is 0 Å². The molecule has 0 heterocycles. The minimum Gasteiger partial charge on any atom is -0.310 e. The number of hydrogen-bond donors (Lipinski definition) is 1. The van der Waals surface area contributed by atoms with Gasteiger partial charge in [-0.1, -0.05) is 56.7 Å². The molecular formula is C17H25ClFN. The molecule has 1 unspecified atom stereocenters. The van der Waals surface area contributed by atoms with Gasteiger partial charge in [-0.25, -0.2) is 4.39 Å². The molecule has 20 heavy (non-hydrogen) atoms. The monoisotopic (exact) mass is 297 g/mol. The van der Waals surface area contributed by atoms with E-state index in [2.05, 4.69) is 12.2 Å². The van der Waals surface area contributed by atoms with Crippen LogP contribution in [0.2, 0.25) is 5.02 Å². The lowest BCUT2D eigenvalue weighted by Crippen LogP contribution is -2.29. The SMILES string of the molecule is CCNC(c1ccc(Cl)cc1F)C1CCCCCCC1. The number of halogens is 2. The minimum absolute atomic E-state index is 0.121. The van der Waals surface area contributed by atoms with Crippen molar-refractivity contribution < 1.29 is 4.39 Å². The van der Waals surface area contributed by atoms with E-state index in [0.717, 1.165) is 12.1 Å². The van der Waals surface area contributed by atoms with E-state index in [1.165, 1.54) is 51.0 Å². The highest BCUT2D eigenvalue weighted by Crippen LogP contribution is 2.34. The Hall–Kier alpha value is -0.600. The third-order valence-corrected chi connectivity index (χ3v) is 4.58. The van der Waals surface area contributed by atoms with Gasteiger partial charge < -0.3 is 5.32 Å². The zero-order chi connectivity index (χ0) is 14.4. The average Bonchev–Trinajstić information content (AvgIpc) is 2.37. The fraction of sp³-hybridized carbons (Fsp3) is 0.647. The van der Waals surface area contributed by atoms with Gasteiger partial charge in [-0.15, -0.1) is 0 Å². The lowest BCUT2D eigenvalue weighted by Gasteiger charge is -2.30. The maximum atomic E-state index is 14.2. The van der Waals surface area contributed by atoms with Gasteiger partial charge >= 0.3 is 0 Å². The van der Waals surface area contributed by atoms with E-state index in [1.54, 1.807) is 6.07 Å². The van der Waals surface area contributed by atoms with Crippen molar-refractivity contribution in [3.63, 3.8) is 0 Å². The molecule has 0 aliphatic heterocycles. The molecule has 1 fully saturated rings. The Morgan fingerprint density at radius 3 is 2.45 bits per heavy atom. The molecule has 1 saturated carbocycles. The third-order valence-electron chi connectivity index (χ3n) is 4.34. The standard InChI is InChI=1S/C17H25ClFN/c1-2-20-17(13-8-6-4-3-5-7-9-13)15-11-10-14(18)12-16(15)19/h10-13,17,20H,2-9H2,1H3. The predicted molar refractivity (Wildman–Crippen MR) is 83.6 cm³/mol. The van der Waals surface area contributed by atoms with Crippen molar-refractivity contribution in [3.05, 3.63) is 34.6 Å². The first kappa shape index (κ1) is 15.8. The highest BCUT2D eigenvalue weighted by molar-refractivity contribution is 6.30. The number of hydrogen-bond acceptors (Lipinski definition) is 1. The van der Waals surface area contributed by atoms with E-state index in [0.29, 0.717) is 10.9 Å². The summed E-state index contributed by atoms with van der Waals surface area (Å²) in [7, 11) is 0. The molecule has 1 aliphatic carbocycles. The summed E-state index contributed by atoms with van der Waals surface area (Å²) < 4.78 is 14.2. The van der Waals surface area contributed by atoms with Gasteiger partial charge in [0.15, 0.2) is 0 Å². The fourth-order valence-corrected chi connectivity index (χ4v) is 3.48.